The minimum absolute atomic E-state index is 0.0157. The molecule has 4 saturated heterocycles. The lowest BCUT2D eigenvalue weighted by atomic mass is 9.72. The number of hydrogen-bond donors (Lipinski definition) is 2. The quantitative estimate of drug-likeness (QED) is 0.140. The molecule has 2 N–H and O–H groups in total. The Morgan fingerprint density at radius 1 is 0.795 bits per heavy atom. The van der Waals surface area contributed by atoms with Gasteiger partial charge in [0.25, 0.3) is 0 Å². The van der Waals surface area contributed by atoms with Gasteiger partial charge in [-0.05, 0) is 159 Å². The maximum absolute atomic E-state index is 15.3. The Balaban J connectivity index is 0.691. The number of aromatic nitrogens is 3. The van der Waals surface area contributed by atoms with Crippen molar-refractivity contribution in [2.45, 2.75) is 172 Å². The summed E-state index contributed by atoms with van der Waals surface area (Å²) in [4.78, 5) is 86.7. The number of benzene rings is 2. The monoisotopic (exact) mass is 992 g/mol. The summed E-state index contributed by atoms with van der Waals surface area (Å²) < 4.78 is 8.53. The molecule has 386 valence electrons. The molecule has 0 bridgehead atoms. The highest BCUT2D eigenvalue weighted by molar-refractivity contribution is 6.09. The van der Waals surface area contributed by atoms with Gasteiger partial charge in [-0.25, -0.2) is 9.97 Å². The molecular weight excluding hydrogens is 919 g/mol. The highest BCUT2D eigenvalue weighted by Gasteiger charge is 2.56. The van der Waals surface area contributed by atoms with Crippen molar-refractivity contribution in [3.8, 4) is 17.0 Å². The van der Waals surface area contributed by atoms with E-state index in [1.165, 1.54) is 19.3 Å². The van der Waals surface area contributed by atoms with Crippen LogP contribution in [0.15, 0.2) is 54.9 Å². The fourth-order valence-corrected chi connectivity index (χ4v) is 13.6. The van der Waals surface area contributed by atoms with Crippen LogP contribution in [0.25, 0.3) is 22.3 Å². The van der Waals surface area contributed by atoms with Crippen LogP contribution in [-0.4, -0.2) is 122 Å². The van der Waals surface area contributed by atoms with E-state index in [2.05, 4.69) is 70.0 Å². The smallest absolute Gasteiger partial charge is 0.238 e. The minimum atomic E-state index is -0.684. The molecule has 1 atom stereocenters. The first kappa shape index (κ1) is 48.1. The second kappa shape index (κ2) is 19.1. The second-order valence-electron chi connectivity index (χ2n) is 23.6. The summed E-state index contributed by atoms with van der Waals surface area (Å²) in [6.45, 7) is 10.9. The van der Waals surface area contributed by atoms with E-state index in [1.54, 1.807) is 0 Å². The lowest BCUT2D eigenvalue weighted by Crippen LogP contribution is -2.59. The number of amides is 5. The van der Waals surface area contributed by atoms with Crippen LogP contribution in [0.5, 0.6) is 5.75 Å². The van der Waals surface area contributed by atoms with Crippen LogP contribution in [0.1, 0.15) is 153 Å². The maximum atomic E-state index is 15.3. The fraction of sp³-hybridized carbons (Fsp3) is 0.603. The maximum Gasteiger partial charge on any atom is 0.238 e. The van der Waals surface area contributed by atoms with Gasteiger partial charge >= 0.3 is 0 Å². The predicted octanol–water partition coefficient (Wildman–Crippen LogP) is 8.26. The molecule has 2 aromatic carbocycles. The van der Waals surface area contributed by atoms with Gasteiger partial charge in [0.05, 0.1) is 35.0 Å². The minimum Gasteiger partial charge on any atom is -0.490 e. The number of nitrogens with zero attached hydrogens (tertiary/aromatic N) is 7. The zero-order chi connectivity index (χ0) is 50.2. The number of fused-ring (bicyclic) bond motifs is 3. The Labute approximate surface area is 429 Å². The molecule has 7 heterocycles. The molecule has 73 heavy (non-hydrogen) atoms. The summed E-state index contributed by atoms with van der Waals surface area (Å²) in [5.74, 6) is 1.31. The van der Waals surface area contributed by atoms with E-state index in [4.69, 9.17) is 14.7 Å². The second-order valence-corrected chi connectivity index (χ2v) is 23.6. The highest BCUT2D eigenvalue weighted by Crippen LogP contribution is 2.53. The predicted molar refractivity (Wildman–Crippen MR) is 279 cm³/mol. The lowest BCUT2D eigenvalue weighted by molar-refractivity contribution is -0.150. The standard InChI is InChI=1S/C58H73N9O6/c1-36(2)66-35-59-48-34-47(61-52(51(48)66)60-40-12-13-40)39-11-19-46-49(31-39)67(42-32-41(33-42)63-25-5-4-6-26-63)56(72)58(46)23-29-65(30-24-58)55(71)57(3)21-27-64(28-22-57)54(70)38-9-16-44(17-10-38)73-43-14-7-37(8-15-43)45-18-20-50(68)62-53(45)69/h7-8,11,14-15,19,31,34-36,38,40-42,44-45H,4-6,9-10,12-13,16-18,20-30,32-33H2,1-3H3,(H,60,61)(H,62,68,69). The SMILES string of the molecule is CC(C)n1cnc2cc(-c3ccc4c(c3)N(C3CC(N5CCCCC5)C3)C(=O)C43CCN(C(=O)C4(C)CCN(C(=O)C5CCC(Oc6ccc(C7CCC(=O)NC7=O)cc6)CC5)CC4)CC3)nc(NC3CC3)c21. The molecule has 3 aliphatic carbocycles. The molecule has 0 radical (unpaired) electrons. The van der Waals surface area contributed by atoms with Gasteiger partial charge in [0.2, 0.25) is 29.5 Å². The number of carbonyl (C=O) groups is 5. The van der Waals surface area contributed by atoms with Crippen LogP contribution in [-0.2, 0) is 29.4 Å². The number of likely N-dealkylation sites (tertiary alicyclic amines) is 3. The van der Waals surface area contributed by atoms with Crippen LogP contribution in [0, 0.1) is 11.3 Å². The Hall–Kier alpha value is -5.83. The van der Waals surface area contributed by atoms with E-state index < -0.39 is 10.8 Å². The number of imide groups is 1. The number of ether oxygens (including phenoxy) is 1. The number of hydrogen-bond acceptors (Lipinski definition) is 10. The van der Waals surface area contributed by atoms with Crippen molar-refractivity contribution in [3.05, 3.63) is 66.0 Å². The first-order valence-electron chi connectivity index (χ1n) is 27.9. The lowest BCUT2D eigenvalue weighted by Gasteiger charge is -2.48. The molecule has 15 nitrogen and oxygen atoms in total. The van der Waals surface area contributed by atoms with Crippen molar-refractivity contribution in [3.63, 3.8) is 0 Å². The number of piperidine rings is 4. The summed E-state index contributed by atoms with van der Waals surface area (Å²) in [7, 11) is 0. The summed E-state index contributed by atoms with van der Waals surface area (Å²) >= 11 is 0. The van der Waals surface area contributed by atoms with E-state index in [0.29, 0.717) is 76.8 Å². The third-order valence-electron chi connectivity index (χ3n) is 18.5. The molecule has 5 amide bonds. The van der Waals surface area contributed by atoms with Gasteiger partial charge in [0.1, 0.15) is 11.3 Å². The Bertz CT molecular complexity index is 2780. The van der Waals surface area contributed by atoms with Crippen LogP contribution >= 0.6 is 0 Å². The first-order valence-corrected chi connectivity index (χ1v) is 27.9. The largest absolute Gasteiger partial charge is 0.490 e. The molecule has 1 spiro atoms. The Morgan fingerprint density at radius 2 is 1.51 bits per heavy atom. The number of carbonyl (C=O) groups excluding carboxylic acids is 5. The Kier molecular flexibility index (Phi) is 12.6. The van der Waals surface area contributed by atoms with Crippen LogP contribution in [0.2, 0.25) is 0 Å². The van der Waals surface area contributed by atoms with Gasteiger partial charge in [0, 0.05) is 79.4 Å². The molecule has 8 aliphatic rings. The van der Waals surface area contributed by atoms with Gasteiger partial charge < -0.3 is 34.2 Å². The number of pyridine rings is 1. The van der Waals surface area contributed by atoms with Crippen LogP contribution in [0.3, 0.4) is 0 Å². The zero-order valence-corrected chi connectivity index (χ0v) is 43.1. The fourth-order valence-electron chi connectivity index (χ4n) is 13.6. The summed E-state index contributed by atoms with van der Waals surface area (Å²) in [6.07, 6.45) is 16.4. The van der Waals surface area contributed by atoms with Crippen molar-refractivity contribution in [2.75, 3.05) is 49.5 Å². The third kappa shape index (κ3) is 8.98. The molecule has 5 aliphatic heterocycles. The van der Waals surface area contributed by atoms with Crippen molar-refractivity contribution >= 4 is 52.1 Å². The van der Waals surface area contributed by atoms with Gasteiger partial charge in [-0.15, -0.1) is 0 Å². The number of nitrogens with one attached hydrogen (secondary N) is 2. The van der Waals surface area contributed by atoms with E-state index in [-0.39, 0.29) is 59.6 Å². The van der Waals surface area contributed by atoms with Gasteiger partial charge in [-0.3, -0.25) is 29.3 Å². The molecule has 3 saturated carbocycles. The number of rotatable bonds is 11. The van der Waals surface area contributed by atoms with Crippen molar-refractivity contribution in [1.29, 1.82) is 0 Å². The van der Waals surface area contributed by atoms with Crippen molar-refractivity contribution < 1.29 is 28.7 Å². The zero-order valence-electron chi connectivity index (χ0n) is 43.1. The van der Waals surface area contributed by atoms with Crippen LogP contribution < -0.4 is 20.3 Å². The first-order chi connectivity index (χ1) is 35.3. The topological polar surface area (TPSA) is 162 Å². The number of anilines is 2. The Morgan fingerprint density at radius 3 is 2.19 bits per heavy atom. The summed E-state index contributed by atoms with van der Waals surface area (Å²) in [5.41, 5.74) is 5.52. The normalized spacial score (nSPS) is 27.3. The average Bonchev–Trinajstić information content (AvgIpc) is 4.06. The van der Waals surface area contributed by atoms with E-state index in [1.807, 2.05) is 40.4 Å². The molecule has 12 rings (SSSR count). The molecule has 7 fully saturated rings. The third-order valence-corrected chi connectivity index (χ3v) is 18.5. The molecule has 2 aromatic heterocycles. The summed E-state index contributed by atoms with van der Waals surface area (Å²) in [6, 6.07) is 17.6. The molecule has 15 heteroatoms. The van der Waals surface area contributed by atoms with E-state index in [9.17, 15) is 19.2 Å². The highest BCUT2D eigenvalue weighted by atomic mass is 16.5. The van der Waals surface area contributed by atoms with Gasteiger partial charge in [0.15, 0.2) is 5.82 Å². The van der Waals surface area contributed by atoms with Gasteiger partial charge in [-0.2, -0.15) is 0 Å². The average molecular weight is 992 g/mol. The van der Waals surface area contributed by atoms with Gasteiger partial charge in [-0.1, -0.05) is 37.6 Å². The van der Waals surface area contributed by atoms with E-state index >= 15 is 4.79 Å². The molecule has 4 aromatic rings. The summed E-state index contributed by atoms with van der Waals surface area (Å²) in [5, 5.41) is 6.14. The molecule has 1 unspecified atom stereocenters. The van der Waals surface area contributed by atoms with E-state index in [0.717, 1.165) is 115 Å². The number of imidazole rings is 1. The molecular formula is C58H73N9O6. The van der Waals surface area contributed by atoms with Crippen molar-refractivity contribution in [2.24, 2.45) is 11.3 Å². The van der Waals surface area contributed by atoms with Crippen LogP contribution in [0.4, 0.5) is 11.5 Å². The van der Waals surface area contributed by atoms with Crippen molar-refractivity contribution in [1.82, 2.24) is 34.6 Å².